The molecule has 0 saturated carbocycles. The van der Waals surface area contributed by atoms with Crippen LogP contribution in [0.5, 0.6) is 0 Å². The lowest BCUT2D eigenvalue weighted by atomic mass is 10.1. The van der Waals surface area contributed by atoms with Gasteiger partial charge in [0.1, 0.15) is 0 Å². The third kappa shape index (κ3) is 2.77. The number of benzene rings is 1. The second-order valence-corrected chi connectivity index (χ2v) is 3.45. The number of amides is 1. The van der Waals surface area contributed by atoms with E-state index in [1.807, 2.05) is 0 Å². The molecule has 0 bridgehead atoms. The highest BCUT2D eigenvalue weighted by Gasteiger charge is 2.11. The molecule has 1 amide bonds. The maximum Gasteiger partial charge on any atom is 0.337 e. The Morgan fingerprint density at radius 1 is 1.27 bits per heavy atom. The molecule has 0 heterocycles. The molecule has 6 heteroatoms. The zero-order valence-corrected chi connectivity index (χ0v) is 9.52. The van der Waals surface area contributed by atoms with E-state index < -0.39 is 11.9 Å². The Morgan fingerprint density at radius 2 is 1.73 bits per heavy atom. The van der Waals surface area contributed by atoms with E-state index in [1.54, 1.807) is 0 Å². The lowest BCUT2D eigenvalue weighted by Crippen LogP contribution is -2.27. The van der Waals surface area contributed by atoms with Crippen molar-refractivity contribution in [1.82, 2.24) is 4.03 Å². The Hall–Kier alpha value is -1.40. The number of ether oxygens (including phenoxy) is 1. The van der Waals surface area contributed by atoms with Gasteiger partial charge in [-0.05, 0) is 24.3 Å². The smallest absolute Gasteiger partial charge is 0.337 e. The number of hydrogen-bond donors (Lipinski definition) is 1. The molecule has 0 radical (unpaired) electrons. The summed E-state index contributed by atoms with van der Waals surface area (Å²) in [5.41, 5.74) is 0.759. The maximum atomic E-state index is 11.3. The van der Waals surface area contributed by atoms with Crippen molar-refractivity contribution < 1.29 is 14.3 Å². The topological polar surface area (TPSA) is 72.6 Å². The van der Waals surface area contributed by atoms with Crippen LogP contribution >= 0.6 is 16.1 Å². The number of carbonyl (C=O) groups is 2. The monoisotopic (exact) mass is 272 g/mol. The predicted molar refractivity (Wildman–Crippen MR) is 57.1 cm³/mol. The molecule has 2 N–H and O–H groups in total. The number of esters is 1. The minimum absolute atomic E-state index is 0.377. The Labute approximate surface area is 95.1 Å². The van der Waals surface area contributed by atoms with Gasteiger partial charge in [-0.3, -0.25) is 4.79 Å². The zero-order valence-electron chi connectivity index (χ0n) is 7.94. The lowest BCUT2D eigenvalue weighted by Gasteiger charge is -2.07. The minimum atomic E-state index is -0.447. The molecule has 0 aliphatic carbocycles. The Bertz CT molecular complexity index is 375. The van der Waals surface area contributed by atoms with Crippen molar-refractivity contribution in [1.29, 1.82) is 0 Å². The molecule has 5 nitrogen and oxygen atoms in total. The highest BCUT2D eigenvalue weighted by atomic mass is 79.9. The molecular formula is C9H9BrN2O3. The van der Waals surface area contributed by atoms with Crippen LogP contribution in [0.15, 0.2) is 24.3 Å². The van der Waals surface area contributed by atoms with E-state index in [1.165, 1.54) is 31.4 Å². The Balaban J connectivity index is 2.90. The zero-order chi connectivity index (χ0) is 11.4. The molecule has 0 spiro atoms. The van der Waals surface area contributed by atoms with Gasteiger partial charge in [0, 0.05) is 5.56 Å². The Kier molecular flexibility index (Phi) is 3.81. The summed E-state index contributed by atoms with van der Waals surface area (Å²) in [5.74, 6) is 4.36. The molecule has 1 aromatic rings. The number of halogens is 1. The van der Waals surface area contributed by atoms with Crippen LogP contribution in [0.1, 0.15) is 20.7 Å². The van der Waals surface area contributed by atoms with Crippen molar-refractivity contribution in [2.75, 3.05) is 7.11 Å². The summed E-state index contributed by atoms with van der Waals surface area (Å²) in [6, 6.07) is 5.98. The van der Waals surface area contributed by atoms with Crippen molar-refractivity contribution in [3.05, 3.63) is 35.4 Å². The molecule has 0 saturated heterocycles. The van der Waals surface area contributed by atoms with Gasteiger partial charge in [0.15, 0.2) is 0 Å². The normalized spacial score (nSPS) is 9.53. The molecule has 15 heavy (non-hydrogen) atoms. The van der Waals surface area contributed by atoms with Gasteiger partial charge < -0.3 is 4.74 Å². The summed E-state index contributed by atoms with van der Waals surface area (Å²) in [6.45, 7) is 0. The average molecular weight is 273 g/mol. The summed E-state index contributed by atoms with van der Waals surface area (Å²) in [4.78, 5) is 22.4. The van der Waals surface area contributed by atoms with Crippen LogP contribution in [0.3, 0.4) is 0 Å². The van der Waals surface area contributed by atoms with Gasteiger partial charge in [0.25, 0.3) is 5.91 Å². The molecular weight excluding hydrogens is 264 g/mol. The fraction of sp³-hybridized carbons (Fsp3) is 0.111. The van der Waals surface area contributed by atoms with Crippen molar-refractivity contribution in [3.8, 4) is 0 Å². The van der Waals surface area contributed by atoms with Crippen LogP contribution in [-0.2, 0) is 4.74 Å². The number of rotatable bonds is 2. The quantitative estimate of drug-likeness (QED) is 0.288. The van der Waals surface area contributed by atoms with E-state index in [9.17, 15) is 9.59 Å². The molecule has 0 atom stereocenters. The van der Waals surface area contributed by atoms with E-state index >= 15 is 0 Å². The number of hydrogen-bond acceptors (Lipinski definition) is 4. The van der Waals surface area contributed by atoms with Crippen LogP contribution in [0, 0.1) is 0 Å². The van der Waals surface area contributed by atoms with Gasteiger partial charge in [-0.25, -0.2) is 14.7 Å². The van der Waals surface area contributed by atoms with Gasteiger partial charge in [0.2, 0.25) is 0 Å². The first kappa shape index (κ1) is 11.7. The summed E-state index contributed by atoms with van der Waals surface area (Å²) in [6.07, 6.45) is 0. The first-order valence-electron chi connectivity index (χ1n) is 3.99. The molecule has 80 valence electrons. The second-order valence-electron chi connectivity index (χ2n) is 2.69. The summed E-state index contributed by atoms with van der Waals surface area (Å²) < 4.78 is 5.31. The number of nitrogens with two attached hydrogens (primary N) is 1. The number of carbonyl (C=O) groups excluding carboxylic acids is 2. The molecule has 0 unspecified atom stereocenters. The van der Waals surface area contributed by atoms with Crippen LogP contribution in [-0.4, -0.2) is 23.0 Å². The predicted octanol–water partition coefficient (Wildman–Crippen LogP) is 1.10. The van der Waals surface area contributed by atoms with E-state index in [4.69, 9.17) is 5.84 Å². The first-order valence-corrected chi connectivity index (χ1v) is 4.70. The van der Waals surface area contributed by atoms with Gasteiger partial charge in [-0.15, -0.1) is 0 Å². The number of methoxy groups -OCH3 is 1. The summed E-state index contributed by atoms with van der Waals surface area (Å²) in [5, 5.41) is 0. The van der Waals surface area contributed by atoms with Crippen molar-refractivity contribution in [2.45, 2.75) is 0 Å². The minimum Gasteiger partial charge on any atom is -0.465 e. The van der Waals surface area contributed by atoms with Gasteiger partial charge in [-0.2, -0.15) is 0 Å². The third-order valence-electron chi connectivity index (χ3n) is 1.75. The first-order chi connectivity index (χ1) is 7.06. The molecule has 0 aliphatic heterocycles. The summed E-state index contributed by atoms with van der Waals surface area (Å²) in [7, 11) is 1.29. The van der Waals surface area contributed by atoms with Crippen molar-refractivity contribution >= 4 is 28.0 Å². The fourth-order valence-electron chi connectivity index (χ4n) is 0.990. The van der Waals surface area contributed by atoms with Crippen molar-refractivity contribution in [3.63, 3.8) is 0 Å². The highest BCUT2D eigenvalue weighted by molar-refractivity contribution is 9.07. The largest absolute Gasteiger partial charge is 0.465 e. The maximum absolute atomic E-state index is 11.3. The molecule has 0 aliphatic rings. The van der Waals surface area contributed by atoms with Crippen LogP contribution in [0.4, 0.5) is 0 Å². The van der Waals surface area contributed by atoms with Crippen LogP contribution in [0.25, 0.3) is 0 Å². The molecule has 1 aromatic carbocycles. The van der Waals surface area contributed by atoms with Gasteiger partial charge >= 0.3 is 5.97 Å². The van der Waals surface area contributed by atoms with E-state index in [-0.39, 0.29) is 0 Å². The number of nitrogens with zero attached hydrogens (tertiary/aromatic N) is 1. The SMILES string of the molecule is COC(=O)c1ccc(C(=O)N(N)Br)cc1. The average Bonchev–Trinajstić information content (AvgIpc) is 2.27. The van der Waals surface area contributed by atoms with Gasteiger partial charge in [0.05, 0.1) is 28.8 Å². The highest BCUT2D eigenvalue weighted by Crippen LogP contribution is 2.08. The van der Waals surface area contributed by atoms with E-state index in [2.05, 4.69) is 20.9 Å². The summed E-state index contributed by atoms with van der Waals surface area (Å²) >= 11 is 2.81. The third-order valence-corrected chi connectivity index (χ3v) is 2.07. The van der Waals surface area contributed by atoms with E-state index in [0.29, 0.717) is 11.1 Å². The molecule has 0 aromatic heterocycles. The fourth-order valence-corrected chi connectivity index (χ4v) is 1.19. The molecule has 0 fully saturated rings. The standard InChI is InChI=1S/C9H9BrN2O3/c1-15-9(14)7-4-2-6(3-5-7)8(13)12(10)11/h2-5H,11H2,1H3. The van der Waals surface area contributed by atoms with Crippen LogP contribution < -0.4 is 5.84 Å². The second kappa shape index (κ2) is 4.90. The number of hydrazine groups is 1. The van der Waals surface area contributed by atoms with Gasteiger partial charge in [-0.1, -0.05) is 0 Å². The lowest BCUT2D eigenvalue weighted by molar-refractivity contribution is 0.0600. The van der Waals surface area contributed by atoms with Crippen molar-refractivity contribution in [2.24, 2.45) is 5.84 Å². The van der Waals surface area contributed by atoms with Crippen LogP contribution in [0.2, 0.25) is 0 Å². The molecule has 1 rings (SSSR count). The van der Waals surface area contributed by atoms with E-state index in [0.717, 1.165) is 4.03 Å². The Morgan fingerprint density at radius 3 is 2.13 bits per heavy atom.